The van der Waals surface area contributed by atoms with E-state index in [1.54, 1.807) is 11.3 Å². The molecule has 2 heterocycles. The predicted octanol–water partition coefficient (Wildman–Crippen LogP) is 4.86. The van der Waals surface area contributed by atoms with Crippen LogP contribution in [0.15, 0.2) is 40.3 Å². The summed E-state index contributed by atoms with van der Waals surface area (Å²) in [5, 5.41) is 4.69. The average molecular weight is 335 g/mol. The largest absolute Gasteiger partial charge is 0.341 e. The standard InChI is InChI=1S/C15H15BrN2S/c1-2-3-15-17-13(10-19-15)9-18-7-6-11-8-12(16)4-5-14(11)18/h4-8,10H,2-3,9H2,1H3. The zero-order valence-corrected chi connectivity index (χ0v) is 13.2. The van der Waals surface area contributed by atoms with Crippen LogP contribution in [0.5, 0.6) is 0 Å². The first-order valence-electron chi connectivity index (χ1n) is 6.44. The van der Waals surface area contributed by atoms with Crippen LogP contribution in [-0.4, -0.2) is 9.55 Å². The van der Waals surface area contributed by atoms with Crippen LogP contribution in [0.1, 0.15) is 24.0 Å². The zero-order chi connectivity index (χ0) is 13.2. The number of aryl methyl sites for hydroxylation is 1. The Morgan fingerprint density at radius 2 is 2.21 bits per heavy atom. The zero-order valence-electron chi connectivity index (χ0n) is 10.8. The first-order valence-corrected chi connectivity index (χ1v) is 8.11. The Morgan fingerprint density at radius 3 is 3.05 bits per heavy atom. The molecule has 0 unspecified atom stereocenters. The van der Waals surface area contributed by atoms with E-state index in [-0.39, 0.29) is 0 Å². The maximum Gasteiger partial charge on any atom is 0.0928 e. The molecule has 0 radical (unpaired) electrons. The van der Waals surface area contributed by atoms with Crippen molar-refractivity contribution in [3.8, 4) is 0 Å². The molecule has 0 aliphatic rings. The minimum absolute atomic E-state index is 0.853. The molecule has 19 heavy (non-hydrogen) atoms. The Labute approximate surface area is 125 Å². The molecule has 98 valence electrons. The first-order chi connectivity index (χ1) is 9.26. The molecule has 0 atom stereocenters. The van der Waals surface area contributed by atoms with Crippen molar-refractivity contribution in [2.45, 2.75) is 26.3 Å². The topological polar surface area (TPSA) is 17.8 Å². The van der Waals surface area contributed by atoms with Gasteiger partial charge in [-0.1, -0.05) is 22.9 Å². The monoisotopic (exact) mass is 334 g/mol. The number of benzene rings is 1. The van der Waals surface area contributed by atoms with Crippen molar-refractivity contribution >= 4 is 38.2 Å². The molecule has 0 amide bonds. The fraction of sp³-hybridized carbons (Fsp3) is 0.267. The molecule has 2 aromatic heterocycles. The average Bonchev–Trinajstić information content (AvgIpc) is 2.98. The highest BCUT2D eigenvalue weighted by atomic mass is 79.9. The number of fused-ring (bicyclic) bond motifs is 1. The van der Waals surface area contributed by atoms with Crippen LogP contribution in [0.2, 0.25) is 0 Å². The van der Waals surface area contributed by atoms with Crippen LogP contribution in [0.3, 0.4) is 0 Å². The third-order valence-corrected chi connectivity index (χ3v) is 4.58. The van der Waals surface area contributed by atoms with E-state index in [9.17, 15) is 0 Å². The molecular weight excluding hydrogens is 320 g/mol. The molecule has 2 nitrogen and oxygen atoms in total. The molecule has 3 aromatic rings. The SMILES string of the molecule is CCCc1nc(Cn2ccc3cc(Br)ccc32)cs1. The summed E-state index contributed by atoms with van der Waals surface area (Å²) < 4.78 is 3.38. The van der Waals surface area contributed by atoms with Crippen molar-refractivity contribution in [3.63, 3.8) is 0 Å². The number of thiazole rings is 1. The third-order valence-electron chi connectivity index (χ3n) is 3.13. The highest BCUT2D eigenvalue weighted by Crippen LogP contribution is 2.22. The van der Waals surface area contributed by atoms with Gasteiger partial charge in [0.1, 0.15) is 0 Å². The third kappa shape index (κ3) is 2.74. The molecule has 4 heteroatoms. The Balaban J connectivity index is 1.88. The highest BCUT2D eigenvalue weighted by Gasteiger charge is 2.05. The molecule has 0 fully saturated rings. The first kappa shape index (κ1) is 12.9. The van der Waals surface area contributed by atoms with Gasteiger partial charge in [0.05, 0.1) is 17.2 Å². The maximum absolute atomic E-state index is 4.69. The van der Waals surface area contributed by atoms with Gasteiger partial charge in [0.15, 0.2) is 0 Å². The second kappa shape index (κ2) is 5.47. The van der Waals surface area contributed by atoms with Gasteiger partial charge < -0.3 is 4.57 Å². The Bertz CT molecular complexity index is 699. The van der Waals surface area contributed by atoms with Crippen molar-refractivity contribution in [2.75, 3.05) is 0 Å². The summed E-state index contributed by atoms with van der Waals surface area (Å²) in [4.78, 5) is 4.69. The molecule has 0 aliphatic carbocycles. The van der Waals surface area contributed by atoms with E-state index in [2.05, 4.69) is 68.2 Å². The molecular formula is C15H15BrN2S. The van der Waals surface area contributed by atoms with Gasteiger partial charge >= 0.3 is 0 Å². The van der Waals surface area contributed by atoms with E-state index in [0.29, 0.717) is 0 Å². The van der Waals surface area contributed by atoms with Gasteiger partial charge in [-0.15, -0.1) is 11.3 Å². The van der Waals surface area contributed by atoms with Gasteiger partial charge in [-0.25, -0.2) is 4.98 Å². The number of hydrogen-bond donors (Lipinski definition) is 0. The molecule has 0 saturated heterocycles. The number of halogens is 1. The fourth-order valence-electron chi connectivity index (χ4n) is 2.23. The summed E-state index contributed by atoms with van der Waals surface area (Å²) in [5.74, 6) is 0. The quantitative estimate of drug-likeness (QED) is 0.666. The lowest BCUT2D eigenvalue weighted by Gasteiger charge is -2.03. The van der Waals surface area contributed by atoms with Crippen molar-refractivity contribution in [2.24, 2.45) is 0 Å². The minimum Gasteiger partial charge on any atom is -0.341 e. The number of aromatic nitrogens is 2. The second-order valence-corrected chi connectivity index (χ2v) is 6.49. The predicted molar refractivity (Wildman–Crippen MR) is 84.8 cm³/mol. The van der Waals surface area contributed by atoms with Crippen LogP contribution in [-0.2, 0) is 13.0 Å². The summed E-state index contributed by atoms with van der Waals surface area (Å²) >= 11 is 5.28. The van der Waals surface area contributed by atoms with Crippen molar-refractivity contribution in [1.29, 1.82) is 0 Å². The van der Waals surface area contributed by atoms with E-state index < -0.39 is 0 Å². The van der Waals surface area contributed by atoms with E-state index in [1.165, 1.54) is 15.9 Å². The molecule has 1 aromatic carbocycles. The lowest BCUT2D eigenvalue weighted by atomic mass is 10.2. The van der Waals surface area contributed by atoms with Gasteiger partial charge in [-0.3, -0.25) is 0 Å². The van der Waals surface area contributed by atoms with Gasteiger partial charge in [0.2, 0.25) is 0 Å². The van der Waals surface area contributed by atoms with Crippen LogP contribution >= 0.6 is 27.3 Å². The fourth-order valence-corrected chi connectivity index (χ4v) is 3.50. The molecule has 0 bridgehead atoms. The lowest BCUT2D eigenvalue weighted by molar-refractivity contribution is 0.801. The van der Waals surface area contributed by atoms with E-state index >= 15 is 0 Å². The second-order valence-electron chi connectivity index (χ2n) is 4.63. The van der Waals surface area contributed by atoms with Crippen LogP contribution in [0.25, 0.3) is 10.9 Å². The number of rotatable bonds is 4. The van der Waals surface area contributed by atoms with Gasteiger partial charge in [-0.05, 0) is 37.1 Å². The van der Waals surface area contributed by atoms with Crippen molar-refractivity contribution in [3.05, 3.63) is 51.0 Å². The number of hydrogen-bond acceptors (Lipinski definition) is 2. The Morgan fingerprint density at radius 1 is 1.32 bits per heavy atom. The Kier molecular flexibility index (Phi) is 3.71. The summed E-state index contributed by atoms with van der Waals surface area (Å²) in [5.41, 5.74) is 2.42. The van der Waals surface area contributed by atoms with E-state index in [1.807, 2.05) is 0 Å². The summed E-state index contributed by atoms with van der Waals surface area (Å²) in [6, 6.07) is 8.54. The van der Waals surface area contributed by atoms with Crippen molar-refractivity contribution in [1.82, 2.24) is 9.55 Å². The van der Waals surface area contributed by atoms with Gasteiger partial charge in [0.25, 0.3) is 0 Å². The Hall–Kier alpha value is -1.13. The van der Waals surface area contributed by atoms with Crippen LogP contribution in [0.4, 0.5) is 0 Å². The van der Waals surface area contributed by atoms with Crippen LogP contribution < -0.4 is 0 Å². The summed E-state index contributed by atoms with van der Waals surface area (Å²) in [6.07, 6.45) is 4.38. The van der Waals surface area contributed by atoms with Crippen LogP contribution in [0, 0.1) is 0 Å². The molecule has 0 N–H and O–H groups in total. The van der Waals surface area contributed by atoms with E-state index in [4.69, 9.17) is 0 Å². The molecule has 3 rings (SSSR count). The highest BCUT2D eigenvalue weighted by molar-refractivity contribution is 9.10. The summed E-state index contributed by atoms with van der Waals surface area (Å²) in [6.45, 7) is 3.05. The van der Waals surface area contributed by atoms with E-state index in [0.717, 1.165) is 29.6 Å². The smallest absolute Gasteiger partial charge is 0.0928 e. The minimum atomic E-state index is 0.853. The van der Waals surface area contributed by atoms with Crippen molar-refractivity contribution < 1.29 is 0 Å². The normalized spacial score (nSPS) is 11.3. The molecule has 0 aliphatic heterocycles. The lowest BCUT2D eigenvalue weighted by Crippen LogP contribution is -1.98. The van der Waals surface area contributed by atoms with Gasteiger partial charge in [0, 0.05) is 27.0 Å². The summed E-state index contributed by atoms with van der Waals surface area (Å²) in [7, 11) is 0. The van der Waals surface area contributed by atoms with Gasteiger partial charge in [-0.2, -0.15) is 0 Å². The molecule has 0 saturated carbocycles. The number of nitrogens with zero attached hydrogens (tertiary/aromatic N) is 2. The molecule has 0 spiro atoms. The maximum atomic E-state index is 4.69.